The van der Waals surface area contributed by atoms with Crippen molar-refractivity contribution >= 4 is 0 Å². The third-order valence-electron chi connectivity index (χ3n) is 3.24. The molecule has 1 aromatic heterocycles. The summed E-state index contributed by atoms with van der Waals surface area (Å²) in [6.45, 7) is 5.63. The fraction of sp³-hybridized carbons (Fsp3) is 0.750. The Kier molecular flexibility index (Phi) is 4.36. The van der Waals surface area contributed by atoms with E-state index < -0.39 is 0 Å². The Morgan fingerprint density at radius 1 is 1.25 bits per heavy atom. The van der Waals surface area contributed by atoms with Gasteiger partial charge in [-0.1, -0.05) is 6.42 Å². The first kappa shape index (κ1) is 11.6. The highest BCUT2D eigenvalue weighted by atomic mass is 15.2. The third kappa shape index (κ3) is 3.06. The normalized spacial score (nSPS) is 17.8. The van der Waals surface area contributed by atoms with Crippen molar-refractivity contribution < 1.29 is 0 Å². The Morgan fingerprint density at radius 3 is 2.81 bits per heavy atom. The van der Waals surface area contributed by atoms with Crippen LogP contribution in [0.5, 0.6) is 0 Å². The van der Waals surface area contributed by atoms with Crippen molar-refractivity contribution in [2.75, 3.05) is 26.7 Å². The number of hydrogen-bond donors (Lipinski definition) is 1. The molecule has 0 aliphatic carbocycles. The molecule has 0 radical (unpaired) electrons. The van der Waals surface area contributed by atoms with E-state index in [1.165, 1.54) is 32.4 Å². The minimum absolute atomic E-state index is 0.854. The molecule has 1 fully saturated rings. The quantitative estimate of drug-likeness (QED) is 0.809. The standard InChI is InChI=1S/C12H22N4/c1-13-11-12-14-5-8-16(12)10-9-15-6-3-2-4-7-15/h5,8,13H,2-4,6-7,9-11H2,1H3. The second kappa shape index (κ2) is 6.01. The molecular formula is C12H22N4. The minimum Gasteiger partial charge on any atom is -0.333 e. The number of imidazole rings is 1. The van der Waals surface area contributed by atoms with Gasteiger partial charge in [-0.05, 0) is 33.0 Å². The molecule has 0 atom stereocenters. The molecule has 4 heteroatoms. The molecule has 2 heterocycles. The second-order valence-electron chi connectivity index (χ2n) is 4.47. The Hall–Kier alpha value is -0.870. The van der Waals surface area contributed by atoms with Crippen LogP contribution in [0.15, 0.2) is 12.4 Å². The van der Waals surface area contributed by atoms with Crippen LogP contribution in [0.1, 0.15) is 25.1 Å². The summed E-state index contributed by atoms with van der Waals surface area (Å²) in [4.78, 5) is 6.91. The van der Waals surface area contributed by atoms with Gasteiger partial charge in [-0.15, -0.1) is 0 Å². The molecule has 0 aromatic carbocycles. The molecule has 1 aromatic rings. The van der Waals surface area contributed by atoms with E-state index in [4.69, 9.17) is 0 Å². The van der Waals surface area contributed by atoms with Gasteiger partial charge < -0.3 is 14.8 Å². The summed E-state index contributed by atoms with van der Waals surface area (Å²) in [5.74, 6) is 1.14. The van der Waals surface area contributed by atoms with Crippen molar-refractivity contribution in [1.29, 1.82) is 0 Å². The van der Waals surface area contributed by atoms with Crippen molar-refractivity contribution in [3.63, 3.8) is 0 Å². The van der Waals surface area contributed by atoms with Gasteiger partial charge in [-0.3, -0.25) is 0 Å². The van der Waals surface area contributed by atoms with E-state index in [-0.39, 0.29) is 0 Å². The van der Waals surface area contributed by atoms with Crippen molar-refractivity contribution in [1.82, 2.24) is 19.8 Å². The monoisotopic (exact) mass is 222 g/mol. The minimum atomic E-state index is 0.854. The maximum absolute atomic E-state index is 4.35. The lowest BCUT2D eigenvalue weighted by atomic mass is 10.1. The molecule has 1 N–H and O–H groups in total. The van der Waals surface area contributed by atoms with E-state index >= 15 is 0 Å². The van der Waals surface area contributed by atoms with Crippen LogP contribution in [0.4, 0.5) is 0 Å². The average Bonchev–Trinajstić information content (AvgIpc) is 2.76. The zero-order valence-corrected chi connectivity index (χ0v) is 10.2. The van der Waals surface area contributed by atoms with Gasteiger partial charge in [0, 0.05) is 25.5 Å². The van der Waals surface area contributed by atoms with Crippen LogP contribution < -0.4 is 5.32 Å². The van der Waals surface area contributed by atoms with Crippen LogP contribution in [0.25, 0.3) is 0 Å². The summed E-state index contributed by atoms with van der Waals surface area (Å²) < 4.78 is 2.26. The predicted molar refractivity (Wildman–Crippen MR) is 65.3 cm³/mol. The Bertz CT molecular complexity index is 302. The van der Waals surface area contributed by atoms with Crippen LogP contribution in [0.2, 0.25) is 0 Å². The Labute approximate surface area is 97.7 Å². The fourth-order valence-corrected chi connectivity index (χ4v) is 2.30. The smallest absolute Gasteiger partial charge is 0.122 e. The first-order valence-corrected chi connectivity index (χ1v) is 6.27. The second-order valence-corrected chi connectivity index (χ2v) is 4.47. The topological polar surface area (TPSA) is 33.1 Å². The summed E-state index contributed by atoms with van der Waals surface area (Å²) in [6, 6.07) is 0. The summed E-state index contributed by atoms with van der Waals surface area (Å²) in [7, 11) is 1.96. The van der Waals surface area contributed by atoms with E-state index in [1.54, 1.807) is 0 Å². The molecule has 2 rings (SSSR count). The highest BCUT2D eigenvalue weighted by molar-refractivity contribution is 4.91. The molecular weight excluding hydrogens is 200 g/mol. The van der Waals surface area contributed by atoms with Crippen LogP contribution in [-0.2, 0) is 13.1 Å². The van der Waals surface area contributed by atoms with Gasteiger partial charge >= 0.3 is 0 Å². The largest absolute Gasteiger partial charge is 0.333 e. The van der Waals surface area contributed by atoms with E-state index in [0.717, 1.165) is 25.5 Å². The van der Waals surface area contributed by atoms with Gasteiger partial charge in [-0.25, -0.2) is 4.98 Å². The number of rotatable bonds is 5. The molecule has 1 aliphatic heterocycles. The number of likely N-dealkylation sites (tertiary alicyclic amines) is 1. The molecule has 16 heavy (non-hydrogen) atoms. The van der Waals surface area contributed by atoms with Gasteiger partial charge in [0.2, 0.25) is 0 Å². The molecule has 0 amide bonds. The highest BCUT2D eigenvalue weighted by Gasteiger charge is 2.10. The van der Waals surface area contributed by atoms with Crippen LogP contribution in [0.3, 0.4) is 0 Å². The highest BCUT2D eigenvalue weighted by Crippen LogP contribution is 2.08. The maximum atomic E-state index is 4.35. The van der Waals surface area contributed by atoms with E-state index in [0.29, 0.717) is 0 Å². The Morgan fingerprint density at radius 2 is 2.06 bits per heavy atom. The van der Waals surface area contributed by atoms with Gasteiger partial charge in [0.15, 0.2) is 0 Å². The third-order valence-corrected chi connectivity index (χ3v) is 3.24. The molecule has 0 saturated carbocycles. The summed E-state index contributed by atoms with van der Waals surface area (Å²) in [5.41, 5.74) is 0. The lowest BCUT2D eigenvalue weighted by Gasteiger charge is -2.26. The number of hydrogen-bond acceptors (Lipinski definition) is 3. The van der Waals surface area contributed by atoms with Gasteiger partial charge in [-0.2, -0.15) is 0 Å². The van der Waals surface area contributed by atoms with E-state index in [9.17, 15) is 0 Å². The van der Waals surface area contributed by atoms with Crippen molar-refractivity contribution in [2.45, 2.75) is 32.4 Å². The van der Waals surface area contributed by atoms with Crippen molar-refractivity contribution in [2.24, 2.45) is 0 Å². The van der Waals surface area contributed by atoms with Crippen LogP contribution in [-0.4, -0.2) is 41.1 Å². The van der Waals surface area contributed by atoms with E-state index in [1.807, 2.05) is 13.2 Å². The predicted octanol–water partition coefficient (Wildman–Crippen LogP) is 1.09. The molecule has 0 unspecified atom stereocenters. The Balaban J connectivity index is 1.81. The van der Waals surface area contributed by atoms with Gasteiger partial charge in [0.25, 0.3) is 0 Å². The lowest BCUT2D eigenvalue weighted by Crippen LogP contribution is -2.32. The van der Waals surface area contributed by atoms with Gasteiger partial charge in [0.1, 0.15) is 5.82 Å². The fourth-order valence-electron chi connectivity index (χ4n) is 2.30. The number of aromatic nitrogens is 2. The average molecular weight is 222 g/mol. The first-order valence-electron chi connectivity index (χ1n) is 6.27. The number of piperidine rings is 1. The summed E-state index contributed by atoms with van der Waals surface area (Å²) >= 11 is 0. The van der Waals surface area contributed by atoms with Crippen LogP contribution in [0, 0.1) is 0 Å². The SMILES string of the molecule is CNCc1nccn1CCN1CCCCC1. The number of nitrogens with one attached hydrogen (secondary N) is 1. The number of nitrogens with zero attached hydrogens (tertiary/aromatic N) is 3. The molecule has 0 spiro atoms. The molecule has 90 valence electrons. The zero-order valence-electron chi connectivity index (χ0n) is 10.2. The van der Waals surface area contributed by atoms with E-state index in [2.05, 4.69) is 26.0 Å². The van der Waals surface area contributed by atoms with Crippen LogP contribution >= 0.6 is 0 Å². The van der Waals surface area contributed by atoms with Gasteiger partial charge in [0.05, 0.1) is 6.54 Å². The maximum Gasteiger partial charge on any atom is 0.122 e. The zero-order chi connectivity index (χ0) is 11.2. The molecule has 1 aliphatic rings. The molecule has 1 saturated heterocycles. The molecule has 4 nitrogen and oxygen atoms in total. The van der Waals surface area contributed by atoms with Crippen molar-refractivity contribution in [3.05, 3.63) is 18.2 Å². The van der Waals surface area contributed by atoms with Crippen molar-refractivity contribution in [3.8, 4) is 0 Å². The summed E-state index contributed by atoms with van der Waals surface area (Å²) in [5, 5.41) is 3.15. The first-order chi connectivity index (χ1) is 7.90. The lowest BCUT2D eigenvalue weighted by molar-refractivity contribution is 0.220. The summed E-state index contributed by atoms with van der Waals surface area (Å²) in [6.07, 6.45) is 8.12. The molecule has 0 bridgehead atoms.